The summed E-state index contributed by atoms with van der Waals surface area (Å²) in [5.41, 5.74) is 6.53. The Kier molecular flexibility index (Phi) is 4.18. The van der Waals surface area contributed by atoms with Crippen molar-refractivity contribution in [1.82, 2.24) is 9.97 Å². The Morgan fingerprint density at radius 1 is 1.38 bits per heavy atom. The second-order valence-corrected chi connectivity index (χ2v) is 4.62. The summed E-state index contributed by atoms with van der Waals surface area (Å²) in [6.07, 6.45) is 4.56. The van der Waals surface area contributed by atoms with E-state index in [0.29, 0.717) is 11.8 Å². The first kappa shape index (κ1) is 10.5. The van der Waals surface area contributed by atoms with Gasteiger partial charge in [-0.05, 0) is 18.5 Å². The van der Waals surface area contributed by atoms with Crippen molar-refractivity contribution in [2.24, 2.45) is 5.73 Å². The number of thioether (sulfide) groups is 1. The molecule has 0 amide bonds. The van der Waals surface area contributed by atoms with Crippen LogP contribution in [0.2, 0.25) is 0 Å². The van der Waals surface area contributed by atoms with Gasteiger partial charge in [0, 0.05) is 17.6 Å². The lowest BCUT2D eigenvalue weighted by Crippen LogP contribution is -2.03. The molecule has 1 heterocycles. The fraction of sp³-hybridized carbons (Fsp3) is 0.556. The first-order valence-corrected chi connectivity index (χ1v) is 5.28. The van der Waals surface area contributed by atoms with E-state index >= 15 is 0 Å². The van der Waals surface area contributed by atoms with E-state index in [1.165, 1.54) is 0 Å². The SMILES string of the molecule is CC(C)Sc1ncc(CCN)cn1. The first-order valence-electron chi connectivity index (χ1n) is 4.40. The third kappa shape index (κ3) is 3.74. The monoisotopic (exact) mass is 197 g/mol. The molecule has 0 aromatic carbocycles. The molecule has 0 aliphatic rings. The highest BCUT2D eigenvalue weighted by Crippen LogP contribution is 2.17. The van der Waals surface area contributed by atoms with Crippen LogP contribution in [0.25, 0.3) is 0 Å². The van der Waals surface area contributed by atoms with Crippen LogP contribution in [-0.4, -0.2) is 21.8 Å². The van der Waals surface area contributed by atoms with Crippen LogP contribution in [0.1, 0.15) is 19.4 Å². The minimum atomic E-state index is 0.528. The Balaban J connectivity index is 2.59. The van der Waals surface area contributed by atoms with E-state index in [0.717, 1.165) is 17.1 Å². The fourth-order valence-corrected chi connectivity index (χ4v) is 1.56. The zero-order valence-corrected chi connectivity index (χ0v) is 8.84. The molecule has 0 bridgehead atoms. The molecule has 0 aliphatic carbocycles. The van der Waals surface area contributed by atoms with Gasteiger partial charge in [-0.1, -0.05) is 25.6 Å². The number of hydrogen-bond donors (Lipinski definition) is 1. The number of rotatable bonds is 4. The Morgan fingerprint density at radius 2 is 2.00 bits per heavy atom. The van der Waals surface area contributed by atoms with E-state index in [-0.39, 0.29) is 0 Å². The maximum atomic E-state index is 5.42. The van der Waals surface area contributed by atoms with Crippen LogP contribution < -0.4 is 5.73 Å². The maximum absolute atomic E-state index is 5.42. The molecular formula is C9H15N3S. The van der Waals surface area contributed by atoms with E-state index in [2.05, 4.69) is 23.8 Å². The van der Waals surface area contributed by atoms with Gasteiger partial charge in [-0.15, -0.1) is 0 Å². The molecule has 0 saturated carbocycles. The average molecular weight is 197 g/mol. The predicted molar refractivity (Wildman–Crippen MR) is 55.8 cm³/mol. The van der Waals surface area contributed by atoms with Gasteiger partial charge in [0.05, 0.1) is 0 Å². The summed E-state index contributed by atoms with van der Waals surface area (Å²) in [4.78, 5) is 8.47. The zero-order valence-electron chi connectivity index (χ0n) is 8.03. The highest BCUT2D eigenvalue weighted by Gasteiger charge is 2.00. The molecule has 0 fully saturated rings. The Hall–Kier alpha value is -0.610. The van der Waals surface area contributed by atoms with Crippen LogP contribution in [0.4, 0.5) is 0 Å². The molecule has 13 heavy (non-hydrogen) atoms. The van der Waals surface area contributed by atoms with Gasteiger partial charge in [0.25, 0.3) is 0 Å². The van der Waals surface area contributed by atoms with Crippen LogP contribution in [-0.2, 0) is 6.42 Å². The molecule has 4 heteroatoms. The van der Waals surface area contributed by atoms with Crippen LogP contribution in [0, 0.1) is 0 Å². The molecule has 2 N–H and O–H groups in total. The predicted octanol–water partition coefficient (Wildman–Crippen LogP) is 1.48. The summed E-state index contributed by atoms with van der Waals surface area (Å²) in [7, 11) is 0. The maximum Gasteiger partial charge on any atom is 0.187 e. The van der Waals surface area contributed by atoms with Gasteiger partial charge in [0.1, 0.15) is 0 Å². The quantitative estimate of drug-likeness (QED) is 0.587. The van der Waals surface area contributed by atoms with Crippen molar-refractivity contribution in [2.75, 3.05) is 6.54 Å². The molecular weight excluding hydrogens is 182 g/mol. The highest BCUT2D eigenvalue weighted by atomic mass is 32.2. The minimum Gasteiger partial charge on any atom is -0.330 e. The van der Waals surface area contributed by atoms with Crippen molar-refractivity contribution in [2.45, 2.75) is 30.7 Å². The summed E-state index contributed by atoms with van der Waals surface area (Å²) in [5, 5.41) is 1.37. The van der Waals surface area contributed by atoms with Crippen molar-refractivity contribution in [3.63, 3.8) is 0 Å². The molecule has 0 spiro atoms. The summed E-state index contributed by atoms with van der Waals surface area (Å²) in [6, 6.07) is 0. The van der Waals surface area contributed by atoms with E-state index in [4.69, 9.17) is 5.73 Å². The van der Waals surface area contributed by atoms with Gasteiger partial charge in [-0.25, -0.2) is 9.97 Å². The topological polar surface area (TPSA) is 51.8 Å². The van der Waals surface area contributed by atoms with Crippen molar-refractivity contribution >= 4 is 11.8 Å². The fourth-order valence-electron chi connectivity index (χ4n) is 0.910. The number of nitrogens with two attached hydrogens (primary N) is 1. The number of nitrogens with zero attached hydrogens (tertiary/aromatic N) is 2. The summed E-state index contributed by atoms with van der Waals surface area (Å²) >= 11 is 1.67. The highest BCUT2D eigenvalue weighted by molar-refractivity contribution is 7.99. The molecule has 3 nitrogen and oxygen atoms in total. The normalized spacial score (nSPS) is 10.8. The molecule has 0 atom stereocenters. The van der Waals surface area contributed by atoms with Crippen molar-refractivity contribution in [3.05, 3.63) is 18.0 Å². The standard InChI is InChI=1S/C9H15N3S/c1-7(2)13-9-11-5-8(3-4-10)6-12-9/h5-7H,3-4,10H2,1-2H3. The van der Waals surface area contributed by atoms with Crippen LogP contribution >= 0.6 is 11.8 Å². The van der Waals surface area contributed by atoms with Crippen LogP contribution in [0.15, 0.2) is 17.6 Å². The third-order valence-electron chi connectivity index (χ3n) is 1.46. The molecule has 1 aromatic rings. The molecule has 0 aliphatic heterocycles. The lowest BCUT2D eigenvalue weighted by Gasteiger charge is -2.03. The van der Waals surface area contributed by atoms with E-state index in [1.807, 2.05) is 12.4 Å². The summed E-state index contributed by atoms with van der Waals surface area (Å²) in [5.74, 6) is 0. The molecule has 1 rings (SSSR count). The molecule has 72 valence electrons. The first-order chi connectivity index (χ1) is 6.22. The lowest BCUT2D eigenvalue weighted by atomic mass is 10.2. The molecule has 0 unspecified atom stereocenters. The third-order valence-corrected chi connectivity index (χ3v) is 2.35. The summed E-state index contributed by atoms with van der Waals surface area (Å²) in [6.45, 7) is 4.91. The van der Waals surface area contributed by atoms with Gasteiger partial charge in [0.2, 0.25) is 0 Å². The van der Waals surface area contributed by atoms with Gasteiger partial charge in [-0.2, -0.15) is 0 Å². The van der Waals surface area contributed by atoms with E-state index in [9.17, 15) is 0 Å². The lowest BCUT2D eigenvalue weighted by molar-refractivity contribution is 0.886. The second kappa shape index (κ2) is 5.19. The van der Waals surface area contributed by atoms with Crippen molar-refractivity contribution in [3.8, 4) is 0 Å². The van der Waals surface area contributed by atoms with Gasteiger partial charge < -0.3 is 5.73 Å². The van der Waals surface area contributed by atoms with Crippen LogP contribution in [0.5, 0.6) is 0 Å². The van der Waals surface area contributed by atoms with Crippen molar-refractivity contribution < 1.29 is 0 Å². The smallest absolute Gasteiger partial charge is 0.187 e. The van der Waals surface area contributed by atoms with Gasteiger partial charge in [0.15, 0.2) is 5.16 Å². The van der Waals surface area contributed by atoms with Crippen LogP contribution in [0.3, 0.4) is 0 Å². The number of hydrogen-bond acceptors (Lipinski definition) is 4. The molecule has 0 saturated heterocycles. The van der Waals surface area contributed by atoms with E-state index in [1.54, 1.807) is 11.8 Å². The Morgan fingerprint density at radius 3 is 2.46 bits per heavy atom. The molecule has 0 radical (unpaired) electrons. The average Bonchev–Trinajstić information content (AvgIpc) is 2.08. The number of aromatic nitrogens is 2. The minimum absolute atomic E-state index is 0.528. The Labute approximate surface area is 83.2 Å². The summed E-state index contributed by atoms with van der Waals surface area (Å²) < 4.78 is 0. The van der Waals surface area contributed by atoms with E-state index < -0.39 is 0 Å². The second-order valence-electron chi connectivity index (χ2n) is 3.08. The molecule has 1 aromatic heterocycles. The zero-order chi connectivity index (χ0) is 9.68. The van der Waals surface area contributed by atoms with Gasteiger partial charge in [-0.3, -0.25) is 0 Å². The van der Waals surface area contributed by atoms with Gasteiger partial charge >= 0.3 is 0 Å². The largest absolute Gasteiger partial charge is 0.330 e. The Bertz CT molecular complexity index is 246. The van der Waals surface area contributed by atoms with Crippen molar-refractivity contribution in [1.29, 1.82) is 0 Å².